The number of carbonyl (C=O) groups is 2. The van der Waals surface area contributed by atoms with Gasteiger partial charge in [-0.1, -0.05) is 66.2 Å². The van der Waals surface area contributed by atoms with Gasteiger partial charge in [-0.25, -0.2) is 0 Å². The predicted octanol–water partition coefficient (Wildman–Crippen LogP) is 6.30. The lowest BCUT2D eigenvalue weighted by Gasteiger charge is -2.31. The molecule has 1 amide bonds. The van der Waals surface area contributed by atoms with Gasteiger partial charge in [0.15, 0.2) is 5.78 Å². The number of nitrogens with zero attached hydrogens (tertiary/aromatic N) is 1. The minimum Gasteiger partial charge on any atom is -0.360 e. The second-order valence-corrected chi connectivity index (χ2v) is 10.3. The van der Waals surface area contributed by atoms with Crippen LogP contribution in [0.25, 0.3) is 10.9 Å². The molecule has 2 heterocycles. The van der Waals surface area contributed by atoms with Crippen LogP contribution in [-0.2, 0) is 11.2 Å². The number of hydrogen-bond donors (Lipinski definition) is 2. The number of fused-ring (bicyclic) bond motifs is 1. The van der Waals surface area contributed by atoms with E-state index in [1.165, 1.54) is 11.1 Å². The van der Waals surface area contributed by atoms with Gasteiger partial charge in [0, 0.05) is 54.2 Å². The highest BCUT2D eigenvalue weighted by molar-refractivity contribution is 6.30. The zero-order valence-corrected chi connectivity index (χ0v) is 21.8. The van der Waals surface area contributed by atoms with E-state index in [1.807, 2.05) is 65.7 Å². The highest BCUT2D eigenvalue weighted by Gasteiger charge is 2.26. The Hall–Kier alpha value is -3.41. The first-order valence-electron chi connectivity index (χ1n) is 12.9. The summed E-state index contributed by atoms with van der Waals surface area (Å²) in [5.41, 5.74) is 5.05. The van der Waals surface area contributed by atoms with Gasteiger partial charge in [0.1, 0.15) is 0 Å². The van der Waals surface area contributed by atoms with Gasteiger partial charge in [0.2, 0.25) is 5.91 Å². The zero-order valence-electron chi connectivity index (χ0n) is 21.0. The van der Waals surface area contributed by atoms with Crippen LogP contribution >= 0.6 is 11.6 Å². The molecule has 0 saturated carbocycles. The molecule has 2 N–H and O–H groups in total. The number of likely N-dealkylation sites (tertiary alicyclic amines) is 1. The summed E-state index contributed by atoms with van der Waals surface area (Å²) in [4.78, 5) is 30.8. The fraction of sp³-hybridized carbons (Fsp3) is 0.290. The number of aromatic nitrogens is 1. The number of halogens is 1. The Balaban J connectivity index is 1.34. The van der Waals surface area contributed by atoms with Crippen molar-refractivity contribution in [1.82, 2.24) is 15.2 Å². The van der Waals surface area contributed by atoms with Crippen molar-refractivity contribution in [2.45, 2.75) is 38.1 Å². The van der Waals surface area contributed by atoms with Crippen molar-refractivity contribution >= 4 is 34.2 Å². The monoisotopic (exact) mass is 513 g/mol. The number of H-pyrrole nitrogens is 1. The molecule has 6 heteroatoms. The summed E-state index contributed by atoms with van der Waals surface area (Å²) in [6.45, 7) is 3.90. The summed E-state index contributed by atoms with van der Waals surface area (Å²) in [6, 6.07) is 23.7. The number of aromatic amines is 1. The third-order valence-electron chi connectivity index (χ3n) is 7.45. The van der Waals surface area contributed by atoms with Crippen molar-refractivity contribution in [2.75, 3.05) is 19.6 Å². The smallest absolute Gasteiger partial charge is 0.219 e. The molecule has 0 bridgehead atoms. The Morgan fingerprint density at radius 1 is 1.03 bits per heavy atom. The number of ketones is 1. The molecule has 37 heavy (non-hydrogen) atoms. The minimum absolute atomic E-state index is 0.0519. The van der Waals surface area contributed by atoms with Crippen LogP contribution in [0.2, 0.25) is 5.02 Å². The molecule has 190 valence electrons. The molecule has 5 rings (SSSR count). The van der Waals surface area contributed by atoms with Crippen LogP contribution in [0.1, 0.15) is 58.8 Å². The SMILES string of the molecule is CC(=O)N1CCC(c2ccc3c(C(=O)[C@H](NCCc4ccc(Cl)cc4)c4ccccc4)c[nH]c3c2)CC1. The lowest BCUT2D eigenvalue weighted by atomic mass is 9.88. The van der Waals surface area contributed by atoms with E-state index in [9.17, 15) is 9.59 Å². The number of hydrogen-bond acceptors (Lipinski definition) is 3. The summed E-state index contributed by atoms with van der Waals surface area (Å²) in [6.07, 6.45) is 4.57. The van der Waals surface area contributed by atoms with E-state index in [4.69, 9.17) is 11.6 Å². The molecule has 1 atom stereocenters. The van der Waals surface area contributed by atoms with Crippen molar-refractivity contribution in [3.63, 3.8) is 0 Å². The first-order chi connectivity index (χ1) is 18.0. The van der Waals surface area contributed by atoms with Crippen LogP contribution in [0.15, 0.2) is 79.0 Å². The molecule has 1 aromatic heterocycles. The van der Waals surface area contributed by atoms with Crippen LogP contribution in [0, 0.1) is 0 Å². The van der Waals surface area contributed by atoms with Crippen LogP contribution < -0.4 is 5.32 Å². The Kier molecular flexibility index (Phi) is 7.73. The molecule has 0 radical (unpaired) electrons. The second kappa shape index (κ2) is 11.3. The molecule has 0 spiro atoms. The second-order valence-electron chi connectivity index (χ2n) is 9.83. The Labute approximate surface area is 222 Å². The fourth-order valence-electron chi connectivity index (χ4n) is 5.30. The van der Waals surface area contributed by atoms with Crippen LogP contribution in [0.5, 0.6) is 0 Å². The van der Waals surface area contributed by atoms with Gasteiger partial charge in [0.25, 0.3) is 0 Å². The number of carbonyl (C=O) groups excluding carboxylic acids is 2. The maximum Gasteiger partial charge on any atom is 0.219 e. The van der Waals surface area contributed by atoms with Gasteiger partial charge in [-0.3, -0.25) is 9.59 Å². The van der Waals surface area contributed by atoms with E-state index in [0.717, 1.165) is 53.8 Å². The number of rotatable bonds is 8. The van der Waals surface area contributed by atoms with Gasteiger partial charge in [-0.15, -0.1) is 0 Å². The van der Waals surface area contributed by atoms with Crippen molar-refractivity contribution in [3.05, 3.63) is 106 Å². The third kappa shape index (κ3) is 5.79. The van der Waals surface area contributed by atoms with E-state index < -0.39 is 6.04 Å². The largest absolute Gasteiger partial charge is 0.360 e. The molecule has 3 aromatic carbocycles. The molecule has 0 aliphatic carbocycles. The average Bonchev–Trinajstić information content (AvgIpc) is 3.36. The number of benzene rings is 3. The van der Waals surface area contributed by atoms with Crippen molar-refractivity contribution in [1.29, 1.82) is 0 Å². The highest BCUT2D eigenvalue weighted by Crippen LogP contribution is 2.32. The molecular formula is C31H32ClN3O2. The first-order valence-corrected chi connectivity index (χ1v) is 13.3. The number of nitrogens with one attached hydrogen (secondary N) is 2. The van der Waals surface area contributed by atoms with E-state index in [2.05, 4.69) is 28.5 Å². The van der Waals surface area contributed by atoms with E-state index in [1.54, 1.807) is 6.92 Å². The summed E-state index contributed by atoms with van der Waals surface area (Å²) in [5.74, 6) is 0.626. The molecule has 5 nitrogen and oxygen atoms in total. The lowest BCUT2D eigenvalue weighted by Crippen LogP contribution is -2.36. The van der Waals surface area contributed by atoms with E-state index >= 15 is 0 Å². The third-order valence-corrected chi connectivity index (χ3v) is 7.71. The summed E-state index contributed by atoms with van der Waals surface area (Å²) >= 11 is 6.02. The maximum absolute atomic E-state index is 13.9. The Morgan fingerprint density at radius 3 is 2.46 bits per heavy atom. The summed E-state index contributed by atoms with van der Waals surface area (Å²) in [7, 11) is 0. The van der Waals surface area contributed by atoms with Crippen LogP contribution in [0.4, 0.5) is 0 Å². The molecular weight excluding hydrogens is 482 g/mol. The fourth-order valence-corrected chi connectivity index (χ4v) is 5.43. The molecule has 0 unspecified atom stereocenters. The van der Waals surface area contributed by atoms with Gasteiger partial charge in [0.05, 0.1) is 6.04 Å². The highest BCUT2D eigenvalue weighted by atomic mass is 35.5. The van der Waals surface area contributed by atoms with E-state index in [-0.39, 0.29) is 11.7 Å². The van der Waals surface area contributed by atoms with Crippen molar-refractivity contribution in [3.8, 4) is 0 Å². The minimum atomic E-state index is -0.442. The number of amides is 1. The van der Waals surface area contributed by atoms with Crippen molar-refractivity contribution in [2.24, 2.45) is 0 Å². The first kappa shape index (κ1) is 25.2. The number of Topliss-reactive ketones (excluding diaryl/α,β-unsaturated/α-hetero) is 1. The molecule has 4 aromatic rings. The topological polar surface area (TPSA) is 65.2 Å². The van der Waals surface area contributed by atoms with Gasteiger partial charge < -0.3 is 15.2 Å². The Morgan fingerprint density at radius 2 is 1.76 bits per heavy atom. The standard InChI is InChI=1S/C31H32ClN3O2/c1-21(36)35-17-14-23(15-18-35)25-9-12-27-28(20-34-29(27)19-25)31(37)30(24-5-3-2-4-6-24)33-16-13-22-7-10-26(32)11-8-22/h2-12,19-20,23,30,33-34H,13-18H2,1H3/t30-/m1/s1. The van der Waals surface area contributed by atoms with E-state index in [0.29, 0.717) is 18.0 Å². The molecule has 1 saturated heterocycles. The van der Waals surface area contributed by atoms with Crippen LogP contribution in [0.3, 0.4) is 0 Å². The number of piperidine rings is 1. The predicted molar refractivity (Wildman–Crippen MR) is 149 cm³/mol. The average molecular weight is 514 g/mol. The molecule has 1 fully saturated rings. The van der Waals surface area contributed by atoms with Gasteiger partial charge >= 0.3 is 0 Å². The summed E-state index contributed by atoms with van der Waals surface area (Å²) in [5, 5.41) is 5.16. The van der Waals surface area contributed by atoms with Gasteiger partial charge in [-0.05, 0) is 60.1 Å². The lowest BCUT2D eigenvalue weighted by molar-refractivity contribution is -0.129. The Bertz CT molecular complexity index is 1370. The van der Waals surface area contributed by atoms with Crippen LogP contribution in [-0.4, -0.2) is 41.2 Å². The van der Waals surface area contributed by atoms with Crippen molar-refractivity contribution < 1.29 is 9.59 Å². The van der Waals surface area contributed by atoms with Gasteiger partial charge in [-0.2, -0.15) is 0 Å². The molecule has 1 aliphatic rings. The maximum atomic E-state index is 13.9. The molecule has 1 aliphatic heterocycles. The zero-order chi connectivity index (χ0) is 25.8. The summed E-state index contributed by atoms with van der Waals surface area (Å²) < 4.78 is 0. The normalized spacial score (nSPS) is 15.1. The quantitative estimate of drug-likeness (QED) is 0.271.